The third-order valence-corrected chi connectivity index (χ3v) is 6.15. The maximum Gasteiger partial charge on any atom is 0.326 e. The van der Waals surface area contributed by atoms with Gasteiger partial charge in [0.2, 0.25) is 5.91 Å². The molecule has 0 saturated carbocycles. The molecule has 0 aliphatic carbocycles. The van der Waals surface area contributed by atoms with E-state index in [-0.39, 0.29) is 29.9 Å². The van der Waals surface area contributed by atoms with E-state index in [1.807, 2.05) is 37.3 Å². The molecule has 0 bridgehead atoms. The molecule has 3 aliphatic heterocycles. The number of aliphatic carboxylic acids is 1. The van der Waals surface area contributed by atoms with Crippen molar-refractivity contribution in [1.29, 1.82) is 0 Å². The molecule has 5 atom stereocenters. The number of aromatic nitrogens is 1. The predicted molar refractivity (Wildman–Crippen MR) is 94.3 cm³/mol. The molecule has 1 saturated heterocycles. The molecular formula is C20H20N2O4. The van der Waals surface area contributed by atoms with Gasteiger partial charge in [-0.1, -0.05) is 18.2 Å². The molecule has 1 amide bonds. The lowest BCUT2D eigenvalue weighted by Crippen LogP contribution is -2.59. The van der Waals surface area contributed by atoms with E-state index in [0.717, 1.165) is 22.2 Å². The summed E-state index contributed by atoms with van der Waals surface area (Å²) in [5, 5.41) is 10.9. The molecule has 0 spiro atoms. The highest BCUT2D eigenvalue weighted by molar-refractivity contribution is 5.91. The Kier molecular flexibility index (Phi) is 3.20. The summed E-state index contributed by atoms with van der Waals surface area (Å²) in [5.41, 5.74) is 3.02. The Morgan fingerprint density at radius 2 is 2.15 bits per heavy atom. The Morgan fingerprint density at radius 3 is 2.96 bits per heavy atom. The number of nitrogens with zero attached hydrogens (tertiary/aromatic N) is 1. The van der Waals surface area contributed by atoms with Crippen LogP contribution >= 0.6 is 0 Å². The van der Waals surface area contributed by atoms with Gasteiger partial charge in [0.05, 0.1) is 18.2 Å². The molecule has 2 N–H and O–H groups in total. The van der Waals surface area contributed by atoms with Crippen molar-refractivity contribution >= 4 is 22.8 Å². The van der Waals surface area contributed by atoms with Crippen molar-refractivity contribution in [2.45, 2.75) is 38.0 Å². The van der Waals surface area contributed by atoms with Crippen molar-refractivity contribution in [3.05, 3.63) is 47.9 Å². The van der Waals surface area contributed by atoms with Crippen LogP contribution in [0.3, 0.4) is 0 Å². The van der Waals surface area contributed by atoms with Gasteiger partial charge in [-0.2, -0.15) is 0 Å². The summed E-state index contributed by atoms with van der Waals surface area (Å²) < 4.78 is 5.53. The van der Waals surface area contributed by atoms with Crippen LogP contribution in [0.5, 0.6) is 0 Å². The topological polar surface area (TPSA) is 82.6 Å². The first-order valence-corrected chi connectivity index (χ1v) is 9.03. The van der Waals surface area contributed by atoms with Gasteiger partial charge in [-0.3, -0.25) is 4.79 Å². The lowest BCUT2D eigenvalue weighted by Gasteiger charge is -2.49. The summed E-state index contributed by atoms with van der Waals surface area (Å²) in [4.78, 5) is 30.4. The first-order chi connectivity index (χ1) is 12.6. The van der Waals surface area contributed by atoms with Crippen LogP contribution in [0.4, 0.5) is 0 Å². The number of ether oxygens (including phenoxy) is 1. The number of nitrogens with one attached hydrogen (secondary N) is 1. The average molecular weight is 352 g/mol. The molecule has 0 radical (unpaired) electrons. The Labute approximate surface area is 150 Å². The molecule has 5 rings (SSSR count). The van der Waals surface area contributed by atoms with Crippen LogP contribution in [-0.4, -0.2) is 39.0 Å². The zero-order valence-electron chi connectivity index (χ0n) is 14.4. The van der Waals surface area contributed by atoms with Crippen molar-refractivity contribution in [2.24, 2.45) is 11.8 Å². The van der Waals surface area contributed by atoms with E-state index < -0.39 is 12.0 Å². The Bertz CT molecular complexity index is 946. The van der Waals surface area contributed by atoms with Gasteiger partial charge in [-0.25, -0.2) is 4.79 Å². The molecule has 0 unspecified atom stereocenters. The largest absolute Gasteiger partial charge is 0.498 e. The van der Waals surface area contributed by atoms with E-state index in [0.29, 0.717) is 12.8 Å². The van der Waals surface area contributed by atoms with Gasteiger partial charge in [-0.05, 0) is 37.0 Å². The molecule has 4 heterocycles. The van der Waals surface area contributed by atoms with E-state index >= 15 is 0 Å². The second-order valence-electron chi connectivity index (χ2n) is 7.48. The summed E-state index contributed by atoms with van der Waals surface area (Å²) in [6, 6.07) is 6.86. The predicted octanol–water partition coefficient (Wildman–Crippen LogP) is 2.62. The number of carbonyl (C=O) groups excluding carboxylic acids is 1. The molecule has 134 valence electrons. The van der Waals surface area contributed by atoms with Crippen molar-refractivity contribution in [3.8, 4) is 0 Å². The fraction of sp³-hybridized carbons (Fsp3) is 0.400. The van der Waals surface area contributed by atoms with Gasteiger partial charge in [-0.15, -0.1) is 0 Å². The van der Waals surface area contributed by atoms with Crippen LogP contribution in [0, 0.1) is 11.8 Å². The minimum atomic E-state index is -0.947. The highest BCUT2D eigenvalue weighted by atomic mass is 16.5. The Morgan fingerprint density at radius 1 is 1.35 bits per heavy atom. The smallest absolute Gasteiger partial charge is 0.326 e. The monoisotopic (exact) mass is 352 g/mol. The summed E-state index contributed by atoms with van der Waals surface area (Å²) in [6.07, 6.45) is 4.44. The molecule has 1 fully saturated rings. The Balaban J connectivity index is 1.68. The molecule has 1 aromatic carbocycles. The number of fused-ring (bicyclic) bond motifs is 6. The third-order valence-electron chi connectivity index (χ3n) is 6.15. The second-order valence-corrected chi connectivity index (χ2v) is 7.48. The van der Waals surface area contributed by atoms with E-state index in [2.05, 4.69) is 4.98 Å². The van der Waals surface area contributed by atoms with Gasteiger partial charge >= 0.3 is 5.97 Å². The first kappa shape index (κ1) is 15.5. The zero-order chi connectivity index (χ0) is 18.0. The Hall–Kier alpha value is -2.76. The van der Waals surface area contributed by atoms with Gasteiger partial charge < -0.3 is 19.7 Å². The van der Waals surface area contributed by atoms with Gasteiger partial charge in [0.15, 0.2) is 0 Å². The van der Waals surface area contributed by atoms with E-state index in [4.69, 9.17) is 4.74 Å². The standard InChI is InChI=1S/C20H20N2O4/c1-10-17-11(6-7-26-10)8-15-18-13(12-4-2-3-5-14(12)21-18)9-16(20(24)25)22(15)19(17)23/h2-7,10-11,15-17,21H,8-9H2,1H3,(H,24,25)/t10-,11-,15-,16-,17-/m0/s1. The summed E-state index contributed by atoms with van der Waals surface area (Å²) in [7, 11) is 0. The first-order valence-electron chi connectivity index (χ1n) is 9.03. The van der Waals surface area contributed by atoms with E-state index in [1.54, 1.807) is 11.2 Å². The van der Waals surface area contributed by atoms with E-state index in [1.165, 1.54) is 0 Å². The van der Waals surface area contributed by atoms with E-state index in [9.17, 15) is 14.7 Å². The number of carboxylic acid groups (broad SMARTS) is 1. The highest BCUT2D eigenvalue weighted by Crippen LogP contribution is 2.47. The maximum atomic E-state index is 13.3. The lowest BCUT2D eigenvalue weighted by molar-refractivity contribution is -0.164. The number of rotatable bonds is 1. The molecule has 1 aromatic heterocycles. The van der Waals surface area contributed by atoms with Gasteiger partial charge in [0, 0.05) is 23.0 Å². The molecule has 2 aromatic rings. The fourth-order valence-electron chi connectivity index (χ4n) is 4.98. The number of carboxylic acids is 1. The molecule has 6 heteroatoms. The maximum absolute atomic E-state index is 13.3. The summed E-state index contributed by atoms with van der Waals surface area (Å²) in [6.45, 7) is 1.88. The number of aromatic amines is 1. The van der Waals surface area contributed by atoms with Crippen LogP contribution in [0.25, 0.3) is 10.9 Å². The molecular weight excluding hydrogens is 332 g/mol. The van der Waals surface area contributed by atoms with Crippen LogP contribution in [-0.2, 0) is 20.7 Å². The number of para-hydroxylation sites is 1. The molecule has 3 aliphatic rings. The number of hydrogen-bond acceptors (Lipinski definition) is 3. The minimum Gasteiger partial charge on any atom is -0.498 e. The zero-order valence-corrected chi connectivity index (χ0v) is 14.4. The number of benzene rings is 1. The average Bonchev–Trinajstić information content (AvgIpc) is 3.00. The van der Waals surface area contributed by atoms with Crippen LogP contribution in [0.1, 0.15) is 30.6 Å². The van der Waals surface area contributed by atoms with Crippen LogP contribution < -0.4 is 0 Å². The normalized spacial score (nSPS) is 32.6. The number of amides is 1. The quantitative estimate of drug-likeness (QED) is 0.826. The van der Waals surface area contributed by atoms with Crippen LogP contribution in [0.2, 0.25) is 0 Å². The number of hydrogen-bond donors (Lipinski definition) is 2. The third kappa shape index (κ3) is 1.98. The number of carbonyl (C=O) groups is 2. The summed E-state index contributed by atoms with van der Waals surface area (Å²) in [5.74, 6) is -1.30. The molecule has 6 nitrogen and oxygen atoms in total. The van der Waals surface area contributed by atoms with Crippen molar-refractivity contribution in [1.82, 2.24) is 9.88 Å². The van der Waals surface area contributed by atoms with Gasteiger partial charge in [0.25, 0.3) is 0 Å². The highest BCUT2D eigenvalue weighted by Gasteiger charge is 2.52. The van der Waals surface area contributed by atoms with Gasteiger partial charge in [0.1, 0.15) is 12.1 Å². The fourth-order valence-corrected chi connectivity index (χ4v) is 4.98. The van der Waals surface area contributed by atoms with Crippen molar-refractivity contribution in [3.63, 3.8) is 0 Å². The number of piperidine rings is 1. The second kappa shape index (κ2) is 5.37. The van der Waals surface area contributed by atoms with Crippen molar-refractivity contribution < 1.29 is 19.4 Å². The number of allylic oxidation sites excluding steroid dienone is 1. The summed E-state index contributed by atoms with van der Waals surface area (Å²) >= 11 is 0. The van der Waals surface area contributed by atoms with Crippen molar-refractivity contribution in [2.75, 3.05) is 0 Å². The minimum absolute atomic E-state index is 0.0688. The number of H-pyrrole nitrogens is 1. The van der Waals surface area contributed by atoms with Crippen LogP contribution in [0.15, 0.2) is 36.6 Å². The SMILES string of the molecule is C[C@@H]1OC=C[C@H]2C[C@H]3c4[nH]c5ccccc5c4C[C@@H](C(=O)O)N3C(=O)[C@@H]12. The lowest BCUT2D eigenvalue weighted by atomic mass is 9.74. The molecule has 26 heavy (non-hydrogen) atoms.